The highest BCUT2D eigenvalue weighted by molar-refractivity contribution is 5.94. The van der Waals surface area contributed by atoms with E-state index in [0.29, 0.717) is 24.3 Å². The predicted octanol–water partition coefficient (Wildman–Crippen LogP) is 3.67. The number of benzene rings is 2. The lowest BCUT2D eigenvalue weighted by molar-refractivity contribution is -0.199. The maximum atomic E-state index is 13.5. The van der Waals surface area contributed by atoms with E-state index in [-0.39, 0.29) is 18.0 Å². The Balaban J connectivity index is 1.27. The molecule has 0 radical (unpaired) electrons. The fourth-order valence-corrected chi connectivity index (χ4v) is 8.26. The molecule has 214 valence electrons. The van der Waals surface area contributed by atoms with Crippen LogP contribution in [0.15, 0.2) is 30.3 Å². The number of hydrogen-bond acceptors (Lipinski definition) is 6. The van der Waals surface area contributed by atoms with Crippen molar-refractivity contribution in [1.82, 2.24) is 9.80 Å². The van der Waals surface area contributed by atoms with Crippen LogP contribution in [0, 0.1) is 31.6 Å². The third-order valence-electron chi connectivity index (χ3n) is 10.6. The number of nitrogens with zero attached hydrogens (tertiary/aromatic N) is 2. The van der Waals surface area contributed by atoms with Crippen LogP contribution in [-0.2, 0) is 21.4 Å². The highest BCUT2D eigenvalue weighted by atomic mass is 16.6. The molecule has 5 aliphatic rings. The van der Waals surface area contributed by atoms with Gasteiger partial charge in [-0.2, -0.15) is 0 Å². The first-order valence-corrected chi connectivity index (χ1v) is 15.0. The fourth-order valence-electron chi connectivity index (χ4n) is 8.26. The van der Waals surface area contributed by atoms with E-state index in [4.69, 9.17) is 9.47 Å². The van der Waals surface area contributed by atoms with Crippen LogP contribution in [-0.4, -0.2) is 70.7 Å². The van der Waals surface area contributed by atoms with Gasteiger partial charge in [0.2, 0.25) is 0 Å². The monoisotopic (exact) mass is 554 g/mol. The molecule has 0 aromatic heterocycles. The number of aliphatic hydroxyl groups is 1. The molecule has 2 aromatic rings. The lowest BCUT2D eigenvalue weighted by Gasteiger charge is -2.64. The molecule has 2 aromatic carbocycles. The van der Waals surface area contributed by atoms with Crippen LogP contribution in [0.5, 0.6) is 11.5 Å². The van der Waals surface area contributed by atoms with E-state index in [9.17, 15) is 14.7 Å². The summed E-state index contributed by atoms with van der Waals surface area (Å²) in [6, 6.07) is 9.55. The summed E-state index contributed by atoms with van der Waals surface area (Å²) < 4.78 is 12.4. The van der Waals surface area contributed by atoms with E-state index in [2.05, 4.69) is 23.7 Å². The zero-order valence-corrected chi connectivity index (χ0v) is 24.3. The van der Waals surface area contributed by atoms with Gasteiger partial charge in [0.1, 0.15) is 6.10 Å². The maximum Gasteiger partial charge on any atom is 0.308 e. The molecule has 1 saturated heterocycles. The van der Waals surface area contributed by atoms with Crippen molar-refractivity contribution in [3.63, 3.8) is 0 Å². The first-order chi connectivity index (χ1) is 19.6. The van der Waals surface area contributed by atoms with Crippen molar-refractivity contribution in [2.45, 2.75) is 88.5 Å². The molecule has 3 fully saturated rings. The van der Waals surface area contributed by atoms with E-state index in [1.165, 1.54) is 25.3 Å². The summed E-state index contributed by atoms with van der Waals surface area (Å²) >= 11 is 0. The van der Waals surface area contributed by atoms with Gasteiger partial charge >= 0.3 is 5.97 Å². The number of hydrogen-bond donors (Lipinski definition) is 1. The molecule has 2 saturated carbocycles. The average molecular weight is 555 g/mol. The molecule has 41 heavy (non-hydrogen) atoms. The largest absolute Gasteiger partial charge is 0.483 e. The molecule has 0 unspecified atom stereocenters. The van der Waals surface area contributed by atoms with Crippen LogP contribution in [0.2, 0.25) is 0 Å². The standard InChI is InChI=1S/C34H38N2O5/c1-20-5-6-23(17-21(20)2)9-12-29(38)35(4)26-13-14-34(39)28-18-25-10-11-27(40-22(3)37)31-30(25)33(34,32(26)41-31)15-16-36(28)19-24-7-8-24/h5-6,10-11,17,24,26,28,32,39H,7-8,13-16,18-19H2,1-4H3/t26-,28-,32+,33+,34-/m1/s1. The second-order valence-corrected chi connectivity index (χ2v) is 12.9. The van der Waals surface area contributed by atoms with Crippen LogP contribution in [0.25, 0.3) is 0 Å². The van der Waals surface area contributed by atoms with E-state index < -0.39 is 23.1 Å². The van der Waals surface area contributed by atoms with Crippen molar-refractivity contribution < 1.29 is 24.2 Å². The SMILES string of the molecule is CC(=O)Oc1ccc2c3c1O[C@H]1[C@H](N(C)C(=O)C#Cc4ccc(C)c(C)c4)CC[C@@]4(O)[C@@H](C2)N(CC2CC2)CC[C@]314. The zero-order chi connectivity index (χ0) is 28.7. The van der Waals surface area contributed by atoms with Crippen molar-refractivity contribution in [3.05, 3.63) is 58.1 Å². The molecule has 2 aliphatic heterocycles. The predicted molar refractivity (Wildman–Crippen MR) is 154 cm³/mol. The van der Waals surface area contributed by atoms with E-state index in [1.807, 2.05) is 37.3 Å². The molecule has 7 heteroatoms. The summed E-state index contributed by atoms with van der Waals surface area (Å²) in [5, 5.41) is 12.8. The quantitative estimate of drug-likeness (QED) is 0.353. The number of carbonyl (C=O) groups is 2. The molecule has 1 spiro atoms. The van der Waals surface area contributed by atoms with Gasteiger partial charge in [-0.25, -0.2) is 0 Å². The zero-order valence-electron chi connectivity index (χ0n) is 24.3. The van der Waals surface area contributed by atoms with Gasteiger partial charge in [-0.15, -0.1) is 0 Å². The highest BCUT2D eigenvalue weighted by Crippen LogP contribution is 2.66. The Labute approximate surface area is 241 Å². The van der Waals surface area contributed by atoms with Gasteiger partial charge in [-0.3, -0.25) is 14.5 Å². The molecule has 1 amide bonds. The van der Waals surface area contributed by atoms with Crippen LogP contribution in [0.4, 0.5) is 0 Å². The Morgan fingerprint density at radius 2 is 1.95 bits per heavy atom. The summed E-state index contributed by atoms with van der Waals surface area (Å²) in [7, 11) is 1.80. The first kappa shape index (κ1) is 26.6. The van der Waals surface area contributed by atoms with Crippen LogP contribution < -0.4 is 9.47 Å². The summed E-state index contributed by atoms with van der Waals surface area (Å²) in [5.74, 6) is 6.91. The number of esters is 1. The van der Waals surface area contributed by atoms with Crippen molar-refractivity contribution >= 4 is 11.9 Å². The number of piperidine rings is 1. The third kappa shape index (κ3) is 3.94. The molecule has 5 atom stereocenters. The summed E-state index contributed by atoms with van der Waals surface area (Å²) in [6.45, 7) is 7.38. The molecule has 2 bridgehead atoms. The average Bonchev–Trinajstić information content (AvgIpc) is 3.68. The summed E-state index contributed by atoms with van der Waals surface area (Å²) in [6.07, 6.45) is 4.72. The number of likely N-dealkylation sites (N-methyl/N-ethyl adjacent to an activating group) is 1. The smallest absolute Gasteiger partial charge is 0.308 e. The van der Waals surface area contributed by atoms with Crippen molar-refractivity contribution in [2.75, 3.05) is 20.1 Å². The van der Waals surface area contributed by atoms with Gasteiger partial charge in [0.15, 0.2) is 11.5 Å². The molecule has 3 aliphatic carbocycles. The topological polar surface area (TPSA) is 79.3 Å². The minimum Gasteiger partial charge on any atom is -0.483 e. The van der Waals surface area contributed by atoms with E-state index in [0.717, 1.165) is 54.1 Å². The Kier molecular flexibility index (Phi) is 6.05. The lowest BCUT2D eigenvalue weighted by atomic mass is 9.48. The Morgan fingerprint density at radius 3 is 2.68 bits per heavy atom. The van der Waals surface area contributed by atoms with Crippen LogP contribution >= 0.6 is 0 Å². The number of carbonyl (C=O) groups excluding carboxylic acids is 2. The Bertz CT molecular complexity index is 1520. The van der Waals surface area contributed by atoms with Crippen LogP contribution in [0.1, 0.15) is 66.8 Å². The Morgan fingerprint density at radius 1 is 1.15 bits per heavy atom. The number of aryl methyl sites for hydroxylation is 2. The van der Waals surface area contributed by atoms with Crippen molar-refractivity contribution in [1.29, 1.82) is 0 Å². The van der Waals surface area contributed by atoms with Gasteiger partial charge in [0, 0.05) is 43.6 Å². The number of ether oxygens (including phenoxy) is 2. The van der Waals surface area contributed by atoms with Gasteiger partial charge in [-0.1, -0.05) is 18.1 Å². The van der Waals surface area contributed by atoms with Crippen molar-refractivity contribution in [3.8, 4) is 23.3 Å². The number of rotatable bonds is 4. The van der Waals surface area contributed by atoms with E-state index >= 15 is 0 Å². The number of likely N-dealkylation sites (tertiary alicyclic amines) is 1. The summed E-state index contributed by atoms with van der Waals surface area (Å²) in [4.78, 5) is 29.7. The minimum absolute atomic E-state index is 0.00694. The molecular formula is C34H38N2O5. The van der Waals surface area contributed by atoms with Crippen LogP contribution in [0.3, 0.4) is 0 Å². The highest BCUT2D eigenvalue weighted by Gasteiger charge is 2.73. The second-order valence-electron chi connectivity index (χ2n) is 12.9. The van der Waals surface area contributed by atoms with Gasteiger partial charge in [0.25, 0.3) is 5.91 Å². The molecular weight excluding hydrogens is 516 g/mol. The lowest BCUT2D eigenvalue weighted by Crippen LogP contribution is -2.78. The molecule has 7 rings (SSSR count). The second kappa shape index (κ2) is 9.34. The molecule has 7 nitrogen and oxygen atoms in total. The normalized spacial score (nSPS) is 30.9. The summed E-state index contributed by atoms with van der Waals surface area (Å²) in [5.41, 5.74) is 3.59. The fraction of sp³-hybridized carbons (Fsp3) is 0.529. The minimum atomic E-state index is -0.997. The third-order valence-corrected chi connectivity index (χ3v) is 10.6. The Hall–Kier alpha value is -3.34. The number of amides is 1. The van der Waals surface area contributed by atoms with Gasteiger partial charge < -0.3 is 19.5 Å². The van der Waals surface area contributed by atoms with Gasteiger partial charge in [-0.05, 0) is 99.7 Å². The molecule has 1 N–H and O–H groups in total. The maximum absolute atomic E-state index is 13.5. The first-order valence-electron chi connectivity index (χ1n) is 15.0. The molecule has 2 heterocycles. The van der Waals surface area contributed by atoms with E-state index in [1.54, 1.807) is 11.9 Å². The van der Waals surface area contributed by atoms with Crippen molar-refractivity contribution in [2.24, 2.45) is 5.92 Å². The van der Waals surface area contributed by atoms with Gasteiger partial charge in [0.05, 0.1) is 17.1 Å².